The van der Waals surface area contributed by atoms with E-state index < -0.39 is 0 Å². The summed E-state index contributed by atoms with van der Waals surface area (Å²) >= 11 is 0. The summed E-state index contributed by atoms with van der Waals surface area (Å²) in [7, 11) is 0. The Hall–Kier alpha value is -1.52. The summed E-state index contributed by atoms with van der Waals surface area (Å²) in [6.07, 6.45) is 5.10. The second-order valence-corrected chi connectivity index (χ2v) is 6.01. The number of amides is 2. The van der Waals surface area contributed by atoms with E-state index in [1.165, 1.54) is 12.8 Å². The van der Waals surface area contributed by atoms with E-state index in [1.54, 1.807) is 6.20 Å². The number of rotatable bonds is 4. The lowest BCUT2D eigenvalue weighted by atomic mass is 10.2. The van der Waals surface area contributed by atoms with Crippen molar-refractivity contribution in [1.82, 2.24) is 15.6 Å². The van der Waals surface area contributed by atoms with Gasteiger partial charge < -0.3 is 15.1 Å². The van der Waals surface area contributed by atoms with Gasteiger partial charge >= 0.3 is 6.03 Å². The molecule has 2 aliphatic rings. The van der Waals surface area contributed by atoms with Gasteiger partial charge in [-0.05, 0) is 24.7 Å². The number of carbonyl (C=O) groups excluding carboxylic acids is 1. The van der Waals surface area contributed by atoms with Crippen molar-refractivity contribution in [2.75, 3.05) is 0 Å². The van der Waals surface area contributed by atoms with Crippen LogP contribution in [0.5, 0.6) is 0 Å². The molecule has 1 heterocycles. The van der Waals surface area contributed by atoms with E-state index in [2.05, 4.69) is 29.5 Å². The van der Waals surface area contributed by atoms with E-state index in [1.807, 2.05) is 0 Å². The highest BCUT2D eigenvalue weighted by Crippen LogP contribution is 2.44. The number of hydrogen-bond donors (Lipinski definition) is 2. The summed E-state index contributed by atoms with van der Waals surface area (Å²) in [5.74, 6) is 2.05. The summed E-state index contributed by atoms with van der Waals surface area (Å²) in [5, 5.41) is 5.74. The first-order valence-corrected chi connectivity index (χ1v) is 6.53. The molecule has 0 aromatic carbocycles. The molecule has 1 atom stereocenters. The Morgan fingerprint density at radius 2 is 2.28 bits per heavy atom. The quantitative estimate of drug-likeness (QED) is 0.859. The van der Waals surface area contributed by atoms with Crippen LogP contribution < -0.4 is 10.6 Å². The van der Waals surface area contributed by atoms with Crippen molar-refractivity contribution in [2.45, 2.75) is 51.6 Å². The molecule has 1 aromatic rings. The predicted octanol–water partition coefficient (Wildman–Crippen LogP) is 2.15. The molecular formula is C13H19N3O2. The van der Waals surface area contributed by atoms with Gasteiger partial charge in [-0.2, -0.15) is 0 Å². The molecule has 2 aliphatic carbocycles. The number of nitrogens with zero attached hydrogens (tertiary/aromatic N) is 1. The average molecular weight is 249 g/mol. The van der Waals surface area contributed by atoms with E-state index in [9.17, 15) is 4.79 Å². The molecule has 1 unspecified atom stereocenters. The molecule has 3 rings (SSSR count). The fourth-order valence-corrected chi connectivity index (χ4v) is 2.01. The van der Waals surface area contributed by atoms with Crippen molar-refractivity contribution in [3.63, 3.8) is 0 Å². The van der Waals surface area contributed by atoms with E-state index in [0.29, 0.717) is 18.5 Å². The van der Waals surface area contributed by atoms with Gasteiger partial charge in [-0.25, -0.2) is 9.78 Å². The lowest BCUT2D eigenvalue weighted by Crippen LogP contribution is -2.37. The highest BCUT2D eigenvalue weighted by molar-refractivity contribution is 5.74. The van der Waals surface area contributed by atoms with Gasteiger partial charge in [-0.1, -0.05) is 13.8 Å². The maximum absolute atomic E-state index is 11.6. The molecule has 0 saturated heterocycles. The van der Waals surface area contributed by atoms with Crippen molar-refractivity contribution in [1.29, 1.82) is 0 Å². The molecule has 2 saturated carbocycles. The zero-order valence-corrected chi connectivity index (χ0v) is 10.8. The third-order valence-corrected chi connectivity index (χ3v) is 3.74. The summed E-state index contributed by atoms with van der Waals surface area (Å²) in [4.78, 5) is 15.8. The monoisotopic (exact) mass is 249 g/mol. The van der Waals surface area contributed by atoms with Gasteiger partial charge in [-0.15, -0.1) is 0 Å². The normalized spacial score (nSPS) is 24.7. The summed E-state index contributed by atoms with van der Waals surface area (Å²) in [6.45, 7) is 4.70. The minimum Gasteiger partial charge on any atom is -0.444 e. The molecule has 5 heteroatoms. The van der Waals surface area contributed by atoms with E-state index >= 15 is 0 Å². The maximum atomic E-state index is 11.6. The highest BCUT2D eigenvalue weighted by Gasteiger charge is 2.46. The standard InChI is InChI=1S/C13H19N3O2/c1-13(2)5-10(13)16-12(17)15-7-9-6-14-11(18-9)8-3-4-8/h6,8,10H,3-5,7H2,1-2H3,(H2,15,16,17). The molecule has 2 amide bonds. The Kier molecular flexibility index (Phi) is 2.57. The van der Waals surface area contributed by atoms with Gasteiger partial charge in [0, 0.05) is 12.0 Å². The van der Waals surface area contributed by atoms with Crippen LogP contribution in [0.25, 0.3) is 0 Å². The fraction of sp³-hybridized carbons (Fsp3) is 0.692. The van der Waals surface area contributed by atoms with E-state index in [4.69, 9.17) is 4.42 Å². The lowest BCUT2D eigenvalue weighted by molar-refractivity contribution is 0.237. The Morgan fingerprint density at radius 3 is 2.89 bits per heavy atom. The molecule has 0 radical (unpaired) electrons. The first-order valence-electron chi connectivity index (χ1n) is 6.53. The zero-order chi connectivity index (χ0) is 12.8. The van der Waals surface area contributed by atoms with Crippen LogP contribution in [-0.2, 0) is 6.54 Å². The molecule has 5 nitrogen and oxygen atoms in total. The molecule has 1 aromatic heterocycles. The number of aromatic nitrogens is 1. The van der Waals surface area contributed by atoms with Gasteiger partial charge in [0.05, 0.1) is 12.7 Å². The van der Waals surface area contributed by atoms with Crippen molar-refractivity contribution >= 4 is 6.03 Å². The summed E-state index contributed by atoms with van der Waals surface area (Å²) in [5.41, 5.74) is 0.253. The highest BCUT2D eigenvalue weighted by atomic mass is 16.4. The van der Waals surface area contributed by atoms with Crippen LogP contribution in [0, 0.1) is 5.41 Å². The van der Waals surface area contributed by atoms with Gasteiger partial charge in [0.2, 0.25) is 0 Å². The molecule has 2 fully saturated rings. The Labute approximate surface area is 106 Å². The molecule has 18 heavy (non-hydrogen) atoms. The molecule has 0 spiro atoms. The zero-order valence-electron chi connectivity index (χ0n) is 10.8. The average Bonchev–Trinajstić information content (AvgIpc) is 3.19. The molecular weight excluding hydrogens is 230 g/mol. The van der Waals surface area contributed by atoms with Gasteiger partial charge in [-0.3, -0.25) is 0 Å². The third kappa shape index (κ3) is 2.49. The van der Waals surface area contributed by atoms with Crippen LogP contribution in [-0.4, -0.2) is 17.1 Å². The van der Waals surface area contributed by atoms with Gasteiger partial charge in [0.25, 0.3) is 0 Å². The number of hydrogen-bond acceptors (Lipinski definition) is 3. The van der Waals surface area contributed by atoms with Crippen LogP contribution in [0.2, 0.25) is 0 Å². The molecule has 2 N–H and O–H groups in total. The lowest BCUT2D eigenvalue weighted by Gasteiger charge is -2.07. The fourth-order valence-electron chi connectivity index (χ4n) is 2.01. The van der Waals surface area contributed by atoms with Crippen LogP contribution in [0.1, 0.15) is 50.7 Å². The van der Waals surface area contributed by atoms with Crippen LogP contribution in [0.15, 0.2) is 10.6 Å². The third-order valence-electron chi connectivity index (χ3n) is 3.74. The Morgan fingerprint density at radius 1 is 1.56 bits per heavy atom. The topological polar surface area (TPSA) is 67.2 Å². The molecule has 0 bridgehead atoms. The largest absolute Gasteiger partial charge is 0.444 e. The number of nitrogens with one attached hydrogen (secondary N) is 2. The number of carbonyl (C=O) groups is 1. The number of oxazole rings is 1. The van der Waals surface area contributed by atoms with Crippen molar-refractivity contribution in [2.24, 2.45) is 5.41 Å². The second kappa shape index (κ2) is 4.00. The van der Waals surface area contributed by atoms with Crippen LogP contribution in [0.3, 0.4) is 0 Å². The smallest absolute Gasteiger partial charge is 0.315 e. The van der Waals surface area contributed by atoms with Gasteiger partial charge in [0.15, 0.2) is 5.89 Å². The second-order valence-electron chi connectivity index (χ2n) is 6.01. The SMILES string of the molecule is CC1(C)CC1NC(=O)NCc1cnc(C2CC2)o1. The first-order chi connectivity index (χ1) is 8.54. The number of urea groups is 1. The summed E-state index contributed by atoms with van der Waals surface area (Å²) < 4.78 is 5.57. The van der Waals surface area contributed by atoms with Crippen molar-refractivity contribution in [3.8, 4) is 0 Å². The predicted molar refractivity (Wildman–Crippen MR) is 66.0 cm³/mol. The minimum absolute atomic E-state index is 0.130. The van der Waals surface area contributed by atoms with Crippen LogP contribution in [0.4, 0.5) is 4.79 Å². The molecule has 98 valence electrons. The maximum Gasteiger partial charge on any atom is 0.315 e. The van der Waals surface area contributed by atoms with E-state index in [0.717, 1.165) is 18.1 Å². The van der Waals surface area contributed by atoms with Crippen molar-refractivity contribution in [3.05, 3.63) is 17.8 Å². The van der Waals surface area contributed by atoms with Crippen LogP contribution >= 0.6 is 0 Å². The minimum atomic E-state index is -0.130. The summed E-state index contributed by atoms with van der Waals surface area (Å²) in [6, 6.07) is 0.171. The van der Waals surface area contributed by atoms with Crippen molar-refractivity contribution < 1.29 is 9.21 Å². The Balaban J connectivity index is 1.44. The molecule has 0 aliphatic heterocycles. The van der Waals surface area contributed by atoms with E-state index in [-0.39, 0.29) is 11.4 Å². The first kappa shape index (κ1) is 11.6. The van der Waals surface area contributed by atoms with Gasteiger partial charge in [0.1, 0.15) is 5.76 Å². The Bertz CT molecular complexity index is 463.